The Kier molecular flexibility index (Phi) is 7.97. The molecule has 0 fully saturated rings. The Morgan fingerprint density at radius 2 is 0.693 bits per heavy atom. The molecule has 12 aromatic carbocycles. The smallest absolute Gasteiger partial charge is 0.140 e. The molecule has 0 amide bonds. The molecule has 1 heterocycles. The van der Waals surface area contributed by atoms with Crippen LogP contribution in [0.2, 0.25) is 0 Å². The van der Waals surface area contributed by atoms with Crippen LogP contribution in [0.15, 0.2) is 249 Å². The van der Waals surface area contributed by atoms with Gasteiger partial charge < -0.3 is 9.64 Å². The molecular weight excluding hydrogens is 907 g/mol. The minimum absolute atomic E-state index is 0.204. The molecular formula is C73H47NO. The van der Waals surface area contributed by atoms with E-state index in [1.54, 1.807) is 0 Å². The van der Waals surface area contributed by atoms with Crippen LogP contribution in [0.3, 0.4) is 0 Å². The molecule has 17 rings (SSSR count). The molecule has 0 saturated carbocycles. The Balaban J connectivity index is 1.00. The van der Waals surface area contributed by atoms with Crippen molar-refractivity contribution >= 4 is 38.6 Å². The van der Waals surface area contributed by atoms with Crippen LogP contribution < -0.4 is 9.64 Å². The third-order valence-corrected chi connectivity index (χ3v) is 18.1. The summed E-state index contributed by atoms with van der Waals surface area (Å²) in [4.78, 5) is 2.64. The predicted octanol–water partition coefficient (Wildman–Crippen LogP) is 18.6. The van der Waals surface area contributed by atoms with E-state index in [4.69, 9.17) is 4.74 Å². The summed E-state index contributed by atoms with van der Waals surface area (Å²) in [6.07, 6.45) is 0. The van der Waals surface area contributed by atoms with Gasteiger partial charge in [-0.2, -0.15) is 0 Å². The Bertz CT molecular complexity index is 4370. The number of nitrogens with zero attached hydrogens (tertiary/aromatic N) is 1. The highest BCUT2D eigenvalue weighted by Gasteiger charge is 2.54. The summed E-state index contributed by atoms with van der Waals surface area (Å²) in [6, 6.07) is 94.0. The van der Waals surface area contributed by atoms with Gasteiger partial charge in [0.2, 0.25) is 0 Å². The van der Waals surface area contributed by atoms with Crippen LogP contribution in [0.1, 0.15) is 69.5 Å². The lowest BCUT2D eigenvalue weighted by Crippen LogP contribution is -2.32. The van der Waals surface area contributed by atoms with E-state index >= 15 is 0 Å². The van der Waals surface area contributed by atoms with Crippen LogP contribution >= 0.6 is 0 Å². The molecule has 2 spiro atoms. The summed E-state index contributed by atoms with van der Waals surface area (Å²) in [7, 11) is 0. The maximum absolute atomic E-state index is 7.40. The molecule has 4 aliphatic carbocycles. The minimum Gasteiger partial charge on any atom is -0.455 e. The van der Waals surface area contributed by atoms with Crippen LogP contribution in [0.5, 0.6) is 11.5 Å². The van der Waals surface area contributed by atoms with Gasteiger partial charge in [-0.05, 0) is 113 Å². The average Bonchev–Trinajstić information content (AvgIpc) is 4.17. The van der Waals surface area contributed by atoms with Crippen molar-refractivity contribution in [2.45, 2.75) is 30.1 Å². The third-order valence-electron chi connectivity index (χ3n) is 18.1. The normalized spacial score (nSPS) is 15.2. The van der Waals surface area contributed by atoms with Gasteiger partial charge in [0.15, 0.2) is 0 Å². The minimum atomic E-state index is -0.710. The van der Waals surface area contributed by atoms with Gasteiger partial charge in [-0.3, -0.25) is 0 Å². The van der Waals surface area contributed by atoms with Crippen molar-refractivity contribution in [3.8, 4) is 56.0 Å². The molecule has 0 unspecified atom stereocenters. The van der Waals surface area contributed by atoms with Gasteiger partial charge in [-0.15, -0.1) is 0 Å². The predicted molar refractivity (Wildman–Crippen MR) is 307 cm³/mol. The highest BCUT2D eigenvalue weighted by atomic mass is 16.5. The number of rotatable bonds is 3. The third kappa shape index (κ3) is 4.96. The first-order valence-corrected chi connectivity index (χ1v) is 26.4. The van der Waals surface area contributed by atoms with Gasteiger partial charge in [0, 0.05) is 44.1 Å². The van der Waals surface area contributed by atoms with Crippen LogP contribution in [-0.2, 0) is 16.2 Å². The van der Waals surface area contributed by atoms with Crippen LogP contribution in [0.25, 0.3) is 66.1 Å². The fraction of sp³-hybridized carbons (Fsp3) is 0.0685. The summed E-state index contributed by atoms with van der Waals surface area (Å²) in [5.41, 5.74) is 25.1. The van der Waals surface area contributed by atoms with E-state index in [0.29, 0.717) is 0 Å². The van der Waals surface area contributed by atoms with Crippen LogP contribution in [0.4, 0.5) is 17.1 Å². The van der Waals surface area contributed by atoms with Crippen molar-refractivity contribution in [2.75, 3.05) is 4.90 Å². The van der Waals surface area contributed by atoms with E-state index in [9.17, 15) is 0 Å². The summed E-state index contributed by atoms with van der Waals surface area (Å²) in [6.45, 7) is 4.79. The molecule has 5 aliphatic rings. The Morgan fingerprint density at radius 3 is 1.25 bits per heavy atom. The summed E-state index contributed by atoms with van der Waals surface area (Å²) in [5.74, 6) is 1.84. The first-order chi connectivity index (χ1) is 37.0. The van der Waals surface area contributed by atoms with Gasteiger partial charge in [-0.25, -0.2) is 0 Å². The average molecular weight is 954 g/mol. The molecule has 2 heteroatoms. The van der Waals surface area contributed by atoms with Crippen LogP contribution in [-0.4, -0.2) is 0 Å². The monoisotopic (exact) mass is 953 g/mol. The maximum atomic E-state index is 7.40. The van der Waals surface area contributed by atoms with Crippen molar-refractivity contribution < 1.29 is 4.74 Å². The van der Waals surface area contributed by atoms with Gasteiger partial charge >= 0.3 is 0 Å². The lowest BCUT2D eigenvalue weighted by atomic mass is 9.65. The van der Waals surface area contributed by atoms with E-state index in [-0.39, 0.29) is 5.41 Å². The largest absolute Gasteiger partial charge is 0.455 e. The lowest BCUT2D eigenvalue weighted by Gasteiger charge is -2.40. The fourth-order valence-electron chi connectivity index (χ4n) is 15.2. The van der Waals surface area contributed by atoms with Crippen molar-refractivity contribution in [3.05, 3.63) is 304 Å². The number of hydrogen-bond donors (Lipinski definition) is 0. The second kappa shape index (κ2) is 14.5. The maximum Gasteiger partial charge on any atom is 0.140 e. The quantitative estimate of drug-likeness (QED) is 0.175. The van der Waals surface area contributed by atoms with Crippen molar-refractivity contribution in [1.29, 1.82) is 0 Å². The standard InChI is InChI=1S/C73H47NO/c1-71(2)55-28-12-10-26-53(55)67-60(71)33-17-35-65(67)74(46-39-40-52-51-25-9-15-31-58(51)72(64(52)43-46)56-29-13-7-23-49(56)50-24-8-14-30-57(50)72)66-36-18-34-61-68(66)54-27-11-16-32-59(54)73(61)62-41-37-44-19-3-5-21-47(44)69(62)75-70-48-22-6-4-20-45(48)38-42-63(70)73/h3-43H,1-2H3. The summed E-state index contributed by atoms with van der Waals surface area (Å²) < 4.78 is 7.40. The molecule has 0 aromatic heterocycles. The fourth-order valence-corrected chi connectivity index (χ4v) is 15.2. The van der Waals surface area contributed by atoms with E-state index in [2.05, 4.69) is 267 Å². The van der Waals surface area contributed by atoms with Crippen molar-refractivity contribution in [2.24, 2.45) is 0 Å². The van der Waals surface area contributed by atoms with Crippen LogP contribution in [0, 0.1) is 0 Å². The lowest BCUT2D eigenvalue weighted by molar-refractivity contribution is 0.447. The molecule has 1 aliphatic heterocycles. The molecule has 2 nitrogen and oxygen atoms in total. The summed E-state index contributed by atoms with van der Waals surface area (Å²) >= 11 is 0. The van der Waals surface area contributed by atoms with E-state index in [1.165, 1.54) is 94.7 Å². The zero-order valence-electron chi connectivity index (χ0n) is 41.5. The number of anilines is 3. The zero-order chi connectivity index (χ0) is 49.4. The topological polar surface area (TPSA) is 12.5 Å². The zero-order valence-corrected chi connectivity index (χ0v) is 41.5. The molecule has 0 radical (unpaired) electrons. The van der Waals surface area contributed by atoms with Gasteiger partial charge in [0.1, 0.15) is 11.5 Å². The number of hydrogen-bond acceptors (Lipinski definition) is 2. The second-order valence-electron chi connectivity index (χ2n) is 21.7. The van der Waals surface area contributed by atoms with E-state index < -0.39 is 10.8 Å². The highest BCUT2D eigenvalue weighted by molar-refractivity contribution is 6.06. The molecule has 350 valence electrons. The Labute approximate surface area is 436 Å². The second-order valence-corrected chi connectivity index (χ2v) is 21.7. The van der Waals surface area contributed by atoms with Gasteiger partial charge in [-0.1, -0.05) is 238 Å². The first kappa shape index (κ1) is 41.3. The SMILES string of the molecule is CC1(C)c2ccccc2-c2c(N(c3ccc4c(c3)C3(c5ccccc5-c5ccccc53)c3ccccc3-4)c3cccc4c3-c3ccccc3C43c4ccc5ccccc5c4Oc4c3ccc3ccccc43)cccc21. The molecule has 12 aromatic rings. The first-order valence-electron chi connectivity index (χ1n) is 26.4. The number of fused-ring (bicyclic) bond motifs is 26. The number of benzene rings is 12. The van der Waals surface area contributed by atoms with Gasteiger partial charge in [0.25, 0.3) is 0 Å². The molecule has 0 atom stereocenters. The van der Waals surface area contributed by atoms with E-state index in [1.807, 2.05) is 0 Å². The van der Waals surface area contributed by atoms with E-state index in [0.717, 1.165) is 55.5 Å². The summed E-state index contributed by atoms with van der Waals surface area (Å²) in [5, 5.41) is 4.54. The Morgan fingerprint density at radius 1 is 0.293 bits per heavy atom. The van der Waals surface area contributed by atoms with Crippen molar-refractivity contribution in [1.82, 2.24) is 0 Å². The van der Waals surface area contributed by atoms with Crippen molar-refractivity contribution in [3.63, 3.8) is 0 Å². The molecule has 0 saturated heterocycles. The highest BCUT2D eigenvalue weighted by Crippen LogP contribution is 2.68. The Hall–Kier alpha value is -9.24. The van der Waals surface area contributed by atoms with Gasteiger partial charge in [0.05, 0.1) is 22.2 Å². The molecule has 75 heavy (non-hydrogen) atoms. The molecule has 0 N–H and O–H groups in total. The number of ether oxygens (including phenoxy) is 1. The molecule has 0 bridgehead atoms.